The van der Waals surface area contributed by atoms with E-state index < -0.39 is 0 Å². The Labute approximate surface area is 150 Å². The molecule has 0 unspecified atom stereocenters. The SMILES string of the molecule is COc1cc(C#N)ccc1Nc1nc2ccc(-c3ccccc3)cn2n1. The van der Waals surface area contributed by atoms with Crippen LogP contribution < -0.4 is 10.1 Å². The second-order valence-corrected chi connectivity index (χ2v) is 5.67. The number of methoxy groups -OCH3 is 1. The summed E-state index contributed by atoms with van der Waals surface area (Å²) in [6, 6.07) is 21.3. The smallest absolute Gasteiger partial charge is 0.247 e. The number of nitriles is 1. The monoisotopic (exact) mass is 341 g/mol. The second kappa shape index (κ2) is 6.57. The fraction of sp³-hybridized carbons (Fsp3) is 0.0500. The van der Waals surface area contributed by atoms with Gasteiger partial charge >= 0.3 is 0 Å². The molecule has 2 heterocycles. The Hall–Kier alpha value is -3.85. The van der Waals surface area contributed by atoms with Gasteiger partial charge in [-0.15, -0.1) is 5.10 Å². The van der Waals surface area contributed by atoms with E-state index in [9.17, 15) is 0 Å². The highest BCUT2D eigenvalue weighted by molar-refractivity contribution is 5.67. The van der Waals surface area contributed by atoms with Gasteiger partial charge in [0.2, 0.25) is 5.95 Å². The molecule has 0 amide bonds. The molecule has 0 radical (unpaired) electrons. The Morgan fingerprint density at radius 3 is 2.65 bits per heavy atom. The van der Waals surface area contributed by atoms with E-state index in [4.69, 9.17) is 10.00 Å². The summed E-state index contributed by atoms with van der Waals surface area (Å²) < 4.78 is 7.07. The molecule has 0 aliphatic carbocycles. The number of hydrogen-bond acceptors (Lipinski definition) is 5. The van der Waals surface area contributed by atoms with Crippen LogP contribution in [0.1, 0.15) is 5.56 Å². The van der Waals surface area contributed by atoms with Gasteiger partial charge < -0.3 is 10.1 Å². The number of rotatable bonds is 4. The summed E-state index contributed by atoms with van der Waals surface area (Å²) in [6.07, 6.45) is 1.94. The maximum absolute atomic E-state index is 9.00. The molecular formula is C20H15N5O. The van der Waals surface area contributed by atoms with Gasteiger partial charge in [0.1, 0.15) is 5.75 Å². The molecule has 26 heavy (non-hydrogen) atoms. The zero-order chi connectivity index (χ0) is 17.9. The number of aromatic nitrogens is 3. The first-order valence-corrected chi connectivity index (χ1v) is 8.04. The quantitative estimate of drug-likeness (QED) is 0.607. The first-order chi connectivity index (χ1) is 12.8. The molecule has 126 valence electrons. The molecule has 6 nitrogen and oxygen atoms in total. The van der Waals surface area contributed by atoms with Crippen LogP contribution in [-0.4, -0.2) is 21.7 Å². The number of pyridine rings is 1. The van der Waals surface area contributed by atoms with Crippen LogP contribution in [0.4, 0.5) is 11.6 Å². The lowest BCUT2D eigenvalue weighted by molar-refractivity contribution is 0.416. The number of fused-ring (bicyclic) bond motifs is 1. The van der Waals surface area contributed by atoms with Crippen molar-refractivity contribution >= 4 is 17.3 Å². The van der Waals surface area contributed by atoms with Crippen molar-refractivity contribution in [3.8, 4) is 22.9 Å². The molecule has 4 aromatic rings. The minimum atomic E-state index is 0.457. The first kappa shape index (κ1) is 15.7. The molecule has 0 aliphatic heterocycles. The highest BCUT2D eigenvalue weighted by Gasteiger charge is 2.09. The Bertz CT molecular complexity index is 1110. The number of hydrogen-bond donors (Lipinski definition) is 1. The number of benzene rings is 2. The Morgan fingerprint density at radius 2 is 1.88 bits per heavy atom. The lowest BCUT2D eigenvalue weighted by Crippen LogP contribution is -1.97. The van der Waals surface area contributed by atoms with Gasteiger partial charge in [-0.2, -0.15) is 10.2 Å². The molecule has 0 saturated heterocycles. The standard InChI is InChI=1S/C20H15N5O/c1-26-18-11-14(12-21)7-9-17(18)22-20-23-19-10-8-16(13-25(19)24-20)15-5-3-2-4-6-15/h2-11,13H,1H3,(H,22,24). The highest BCUT2D eigenvalue weighted by Crippen LogP contribution is 2.28. The Balaban J connectivity index is 1.67. The molecule has 0 spiro atoms. The van der Waals surface area contributed by atoms with Gasteiger partial charge in [-0.05, 0) is 29.8 Å². The van der Waals surface area contributed by atoms with E-state index in [0.29, 0.717) is 22.9 Å². The number of nitrogens with zero attached hydrogens (tertiary/aromatic N) is 4. The molecule has 0 atom stereocenters. The number of anilines is 2. The zero-order valence-corrected chi connectivity index (χ0v) is 14.0. The lowest BCUT2D eigenvalue weighted by atomic mass is 10.1. The largest absolute Gasteiger partial charge is 0.495 e. The van der Waals surface area contributed by atoms with Gasteiger partial charge in [-0.1, -0.05) is 30.3 Å². The topological polar surface area (TPSA) is 75.2 Å². The van der Waals surface area contributed by atoms with Gasteiger partial charge in [-0.3, -0.25) is 0 Å². The van der Waals surface area contributed by atoms with Crippen LogP contribution >= 0.6 is 0 Å². The van der Waals surface area contributed by atoms with E-state index in [1.807, 2.05) is 36.5 Å². The summed E-state index contributed by atoms with van der Waals surface area (Å²) in [5.41, 5.74) is 4.15. The predicted molar refractivity (Wildman–Crippen MR) is 99.4 cm³/mol. The maximum Gasteiger partial charge on any atom is 0.247 e. The van der Waals surface area contributed by atoms with Crippen molar-refractivity contribution in [3.63, 3.8) is 0 Å². The highest BCUT2D eigenvalue weighted by atomic mass is 16.5. The normalized spacial score (nSPS) is 10.5. The van der Waals surface area contributed by atoms with Crippen LogP contribution in [0.25, 0.3) is 16.8 Å². The minimum Gasteiger partial charge on any atom is -0.495 e. The molecule has 6 heteroatoms. The average molecular weight is 341 g/mol. The van der Waals surface area contributed by atoms with E-state index >= 15 is 0 Å². The zero-order valence-electron chi connectivity index (χ0n) is 14.0. The van der Waals surface area contributed by atoms with Gasteiger partial charge in [-0.25, -0.2) is 4.52 Å². The molecule has 0 fully saturated rings. The van der Waals surface area contributed by atoms with Crippen LogP contribution in [0.5, 0.6) is 5.75 Å². The number of ether oxygens (including phenoxy) is 1. The molecular weight excluding hydrogens is 326 g/mol. The van der Waals surface area contributed by atoms with E-state index in [1.54, 1.807) is 29.8 Å². The summed E-state index contributed by atoms with van der Waals surface area (Å²) in [5, 5.41) is 16.6. The van der Waals surface area contributed by atoms with Crippen molar-refractivity contribution in [2.24, 2.45) is 0 Å². The summed E-state index contributed by atoms with van der Waals surface area (Å²) >= 11 is 0. The van der Waals surface area contributed by atoms with Gasteiger partial charge in [0, 0.05) is 17.8 Å². The molecule has 0 aliphatic rings. The van der Waals surface area contributed by atoms with Crippen LogP contribution in [0.15, 0.2) is 66.9 Å². The fourth-order valence-electron chi connectivity index (χ4n) is 2.72. The van der Waals surface area contributed by atoms with Crippen LogP contribution in [-0.2, 0) is 0 Å². The molecule has 0 saturated carbocycles. The number of nitrogens with one attached hydrogen (secondary N) is 1. The molecule has 0 bridgehead atoms. The van der Waals surface area contributed by atoms with E-state index in [1.165, 1.54) is 0 Å². The van der Waals surface area contributed by atoms with Crippen LogP contribution in [0.2, 0.25) is 0 Å². The third-order valence-electron chi connectivity index (χ3n) is 4.02. The van der Waals surface area contributed by atoms with Crippen LogP contribution in [0, 0.1) is 11.3 Å². The summed E-state index contributed by atoms with van der Waals surface area (Å²) in [4.78, 5) is 4.48. The summed E-state index contributed by atoms with van der Waals surface area (Å²) in [6.45, 7) is 0. The molecule has 2 aromatic heterocycles. The lowest BCUT2D eigenvalue weighted by Gasteiger charge is -2.08. The van der Waals surface area contributed by atoms with Crippen molar-refractivity contribution in [2.45, 2.75) is 0 Å². The van der Waals surface area contributed by atoms with E-state index in [2.05, 4.69) is 33.6 Å². The van der Waals surface area contributed by atoms with E-state index in [-0.39, 0.29) is 0 Å². The molecule has 4 rings (SSSR count). The van der Waals surface area contributed by atoms with Crippen molar-refractivity contribution in [1.82, 2.24) is 14.6 Å². The van der Waals surface area contributed by atoms with E-state index in [0.717, 1.165) is 16.8 Å². The van der Waals surface area contributed by atoms with Gasteiger partial charge in [0.15, 0.2) is 5.65 Å². The maximum atomic E-state index is 9.00. The third-order valence-corrected chi connectivity index (χ3v) is 4.02. The summed E-state index contributed by atoms with van der Waals surface area (Å²) in [7, 11) is 1.56. The van der Waals surface area contributed by atoms with Crippen molar-refractivity contribution in [1.29, 1.82) is 5.26 Å². The third kappa shape index (κ3) is 2.94. The van der Waals surface area contributed by atoms with Crippen molar-refractivity contribution in [3.05, 3.63) is 72.4 Å². The van der Waals surface area contributed by atoms with Crippen LogP contribution in [0.3, 0.4) is 0 Å². The van der Waals surface area contributed by atoms with Gasteiger partial charge in [0.25, 0.3) is 0 Å². The Morgan fingerprint density at radius 1 is 1.04 bits per heavy atom. The Kier molecular flexibility index (Phi) is 3.96. The van der Waals surface area contributed by atoms with Gasteiger partial charge in [0.05, 0.1) is 24.4 Å². The second-order valence-electron chi connectivity index (χ2n) is 5.67. The van der Waals surface area contributed by atoms with Crippen molar-refractivity contribution < 1.29 is 4.74 Å². The fourth-order valence-corrected chi connectivity index (χ4v) is 2.72. The first-order valence-electron chi connectivity index (χ1n) is 8.04. The predicted octanol–water partition coefficient (Wildman–Crippen LogP) is 4.02. The summed E-state index contributed by atoms with van der Waals surface area (Å²) in [5.74, 6) is 1.02. The molecule has 2 aromatic carbocycles. The minimum absolute atomic E-state index is 0.457. The van der Waals surface area contributed by atoms with Crippen molar-refractivity contribution in [2.75, 3.05) is 12.4 Å². The molecule has 1 N–H and O–H groups in total. The average Bonchev–Trinajstić information content (AvgIpc) is 3.10.